The Morgan fingerprint density at radius 1 is 1.19 bits per heavy atom. The maximum atomic E-state index is 4.45. The van der Waals surface area contributed by atoms with E-state index >= 15 is 0 Å². The number of nitrogens with zero attached hydrogens (tertiary/aromatic N) is 2. The number of anilines is 2. The van der Waals surface area contributed by atoms with E-state index in [1.165, 1.54) is 5.56 Å². The highest BCUT2D eigenvalue weighted by molar-refractivity contribution is 7.07. The Labute approximate surface area is 131 Å². The fraction of sp³-hybridized carbons (Fsp3) is 0.500. The highest BCUT2D eigenvalue weighted by atomic mass is 32.1. The second-order valence-electron chi connectivity index (χ2n) is 5.55. The van der Waals surface area contributed by atoms with Gasteiger partial charge in [-0.3, -0.25) is 0 Å². The van der Waals surface area contributed by atoms with Gasteiger partial charge in [0.25, 0.3) is 0 Å². The van der Waals surface area contributed by atoms with Crippen molar-refractivity contribution >= 4 is 23.0 Å². The van der Waals surface area contributed by atoms with Gasteiger partial charge in [-0.15, -0.1) is 0 Å². The third-order valence-corrected chi connectivity index (χ3v) is 4.04. The molecule has 0 spiro atoms. The van der Waals surface area contributed by atoms with Crippen molar-refractivity contribution in [1.82, 2.24) is 9.97 Å². The summed E-state index contributed by atoms with van der Waals surface area (Å²) in [6.45, 7) is 9.48. The van der Waals surface area contributed by atoms with E-state index in [0.717, 1.165) is 30.2 Å². The summed E-state index contributed by atoms with van der Waals surface area (Å²) in [6, 6.07) is 2.51. The molecule has 114 valence electrons. The highest BCUT2D eigenvalue weighted by Gasteiger charge is 2.16. The monoisotopic (exact) mass is 304 g/mol. The zero-order valence-corrected chi connectivity index (χ0v) is 14.0. The van der Waals surface area contributed by atoms with Crippen molar-refractivity contribution < 1.29 is 0 Å². The van der Waals surface area contributed by atoms with Crippen LogP contribution < -0.4 is 10.6 Å². The maximum Gasteiger partial charge on any atom is 0.135 e. The molecule has 4 nitrogen and oxygen atoms in total. The molecule has 0 saturated carbocycles. The molecule has 0 saturated heterocycles. The molecule has 2 aromatic heterocycles. The Kier molecular flexibility index (Phi) is 5.56. The van der Waals surface area contributed by atoms with Crippen molar-refractivity contribution in [1.29, 1.82) is 0 Å². The summed E-state index contributed by atoms with van der Waals surface area (Å²) in [5.74, 6) is 2.25. The molecule has 1 atom stereocenters. The van der Waals surface area contributed by atoms with Crippen molar-refractivity contribution in [2.24, 2.45) is 0 Å². The van der Waals surface area contributed by atoms with Crippen LogP contribution >= 0.6 is 11.3 Å². The summed E-state index contributed by atoms with van der Waals surface area (Å²) in [5, 5.41) is 11.2. The van der Waals surface area contributed by atoms with Gasteiger partial charge in [-0.05, 0) is 48.6 Å². The molecule has 1 unspecified atom stereocenters. The minimum atomic E-state index is 0.335. The Balaban J connectivity index is 2.16. The van der Waals surface area contributed by atoms with Crippen LogP contribution in [0.25, 0.3) is 0 Å². The lowest BCUT2D eigenvalue weighted by Crippen LogP contribution is -2.21. The molecule has 2 rings (SSSR count). The zero-order chi connectivity index (χ0) is 15.2. The van der Waals surface area contributed by atoms with E-state index in [9.17, 15) is 0 Å². The van der Waals surface area contributed by atoms with Gasteiger partial charge < -0.3 is 10.6 Å². The minimum absolute atomic E-state index is 0.335. The average molecular weight is 304 g/mol. The molecular weight excluding hydrogens is 280 g/mol. The van der Waals surface area contributed by atoms with Crippen molar-refractivity contribution in [3.8, 4) is 0 Å². The van der Waals surface area contributed by atoms with Crippen molar-refractivity contribution in [2.75, 3.05) is 17.2 Å². The topological polar surface area (TPSA) is 49.8 Å². The minimum Gasteiger partial charge on any atom is -0.370 e. The van der Waals surface area contributed by atoms with E-state index in [1.54, 1.807) is 17.7 Å². The molecule has 0 aliphatic rings. The molecular formula is C16H24N4S. The molecule has 0 aliphatic carbocycles. The van der Waals surface area contributed by atoms with Crippen LogP contribution in [0.5, 0.6) is 0 Å². The first-order valence-electron chi connectivity index (χ1n) is 7.48. The second-order valence-corrected chi connectivity index (χ2v) is 6.33. The Morgan fingerprint density at radius 3 is 2.57 bits per heavy atom. The fourth-order valence-electron chi connectivity index (χ4n) is 2.41. The summed E-state index contributed by atoms with van der Waals surface area (Å²) < 4.78 is 0. The number of rotatable bonds is 7. The van der Waals surface area contributed by atoms with Gasteiger partial charge in [0.1, 0.15) is 18.0 Å². The van der Waals surface area contributed by atoms with Gasteiger partial charge in [0, 0.05) is 18.2 Å². The van der Waals surface area contributed by atoms with Crippen molar-refractivity contribution in [2.45, 2.75) is 46.1 Å². The summed E-state index contributed by atoms with van der Waals surface area (Å²) in [5.41, 5.74) is 2.53. The first-order chi connectivity index (χ1) is 10.1. The van der Waals surface area contributed by atoms with Crippen molar-refractivity contribution in [3.63, 3.8) is 0 Å². The van der Waals surface area contributed by atoms with Gasteiger partial charge in [-0.1, -0.05) is 13.8 Å². The molecule has 5 heteroatoms. The normalized spacial score (nSPS) is 12.4. The highest BCUT2D eigenvalue weighted by Crippen LogP contribution is 2.28. The van der Waals surface area contributed by atoms with Gasteiger partial charge in [-0.25, -0.2) is 9.97 Å². The first kappa shape index (κ1) is 15.8. The number of hydrogen-bond acceptors (Lipinski definition) is 5. The molecule has 0 bridgehead atoms. The molecule has 21 heavy (non-hydrogen) atoms. The lowest BCUT2D eigenvalue weighted by Gasteiger charge is -2.20. The molecule has 2 aromatic rings. The molecule has 0 amide bonds. The summed E-state index contributed by atoms with van der Waals surface area (Å²) in [6.07, 6.45) is 2.63. The zero-order valence-electron chi connectivity index (χ0n) is 13.2. The van der Waals surface area contributed by atoms with Crippen LogP contribution in [-0.2, 0) is 6.42 Å². The van der Waals surface area contributed by atoms with Crippen LogP contribution in [0.3, 0.4) is 0 Å². The van der Waals surface area contributed by atoms with E-state index in [-0.39, 0.29) is 0 Å². The van der Waals surface area contributed by atoms with E-state index in [0.29, 0.717) is 12.0 Å². The summed E-state index contributed by atoms with van der Waals surface area (Å²) in [7, 11) is 0. The van der Waals surface area contributed by atoms with Crippen LogP contribution in [0, 0.1) is 0 Å². The predicted molar refractivity (Wildman–Crippen MR) is 91.4 cm³/mol. The maximum absolute atomic E-state index is 4.45. The molecule has 0 radical (unpaired) electrons. The van der Waals surface area contributed by atoms with Crippen LogP contribution in [-0.4, -0.2) is 22.6 Å². The molecule has 0 fully saturated rings. The Hall–Kier alpha value is -1.62. The average Bonchev–Trinajstić information content (AvgIpc) is 2.91. The SMILES string of the molecule is CCNc1ncnc(NC(C)Cc2ccsc2)c1C(C)C. The number of aromatic nitrogens is 2. The summed E-state index contributed by atoms with van der Waals surface area (Å²) >= 11 is 1.74. The first-order valence-corrected chi connectivity index (χ1v) is 8.42. The van der Waals surface area contributed by atoms with Gasteiger partial charge in [0.05, 0.1) is 0 Å². The predicted octanol–water partition coefficient (Wildman–Crippen LogP) is 4.14. The standard InChI is InChI=1S/C16H24N4S/c1-5-17-15-14(11(2)3)16(19-10-18-15)20-12(4)8-13-6-7-21-9-13/h6-7,9-12H,5,8H2,1-4H3,(H2,17,18,19,20). The molecule has 2 heterocycles. The van der Waals surface area contributed by atoms with Gasteiger partial charge >= 0.3 is 0 Å². The third-order valence-electron chi connectivity index (χ3n) is 3.31. The van der Waals surface area contributed by atoms with Crippen LogP contribution in [0.2, 0.25) is 0 Å². The largest absolute Gasteiger partial charge is 0.370 e. The molecule has 2 N–H and O–H groups in total. The van der Waals surface area contributed by atoms with Gasteiger partial charge in [0.2, 0.25) is 0 Å². The van der Waals surface area contributed by atoms with Gasteiger partial charge in [-0.2, -0.15) is 11.3 Å². The molecule has 0 aromatic carbocycles. The molecule has 0 aliphatic heterocycles. The number of thiophene rings is 1. The second kappa shape index (κ2) is 7.41. The number of hydrogen-bond donors (Lipinski definition) is 2. The lowest BCUT2D eigenvalue weighted by molar-refractivity contribution is 0.771. The van der Waals surface area contributed by atoms with Crippen LogP contribution in [0.15, 0.2) is 23.2 Å². The fourth-order valence-corrected chi connectivity index (χ4v) is 3.09. The third kappa shape index (κ3) is 4.17. The van der Waals surface area contributed by atoms with E-state index in [1.807, 2.05) is 0 Å². The van der Waals surface area contributed by atoms with E-state index in [2.05, 4.69) is 65.1 Å². The van der Waals surface area contributed by atoms with Crippen LogP contribution in [0.4, 0.5) is 11.6 Å². The van der Waals surface area contributed by atoms with Crippen LogP contribution in [0.1, 0.15) is 44.7 Å². The van der Waals surface area contributed by atoms with Gasteiger partial charge in [0.15, 0.2) is 0 Å². The smallest absolute Gasteiger partial charge is 0.135 e. The Bertz CT molecular complexity index is 551. The van der Waals surface area contributed by atoms with E-state index in [4.69, 9.17) is 0 Å². The van der Waals surface area contributed by atoms with E-state index < -0.39 is 0 Å². The lowest BCUT2D eigenvalue weighted by atomic mass is 10.0. The quantitative estimate of drug-likeness (QED) is 0.807. The summed E-state index contributed by atoms with van der Waals surface area (Å²) in [4.78, 5) is 8.83. The number of nitrogens with one attached hydrogen (secondary N) is 2. The Morgan fingerprint density at radius 2 is 1.95 bits per heavy atom. The van der Waals surface area contributed by atoms with Crippen molar-refractivity contribution in [3.05, 3.63) is 34.3 Å².